The van der Waals surface area contributed by atoms with Crippen molar-refractivity contribution in [2.75, 3.05) is 0 Å². The van der Waals surface area contributed by atoms with Crippen molar-refractivity contribution in [3.8, 4) is 0 Å². The van der Waals surface area contributed by atoms with E-state index in [4.69, 9.17) is 0 Å². The van der Waals surface area contributed by atoms with Gasteiger partial charge in [0.2, 0.25) is 0 Å². The Kier molecular flexibility index (Phi) is 7.11. The molecule has 0 saturated carbocycles. The first kappa shape index (κ1) is 16.5. The summed E-state index contributed by atoms with van der Waals surface area (Å²) >= 11 is 0. The largest absolute Gasteiger partial charge is 0.359 e. The summed E-state index contributed by atoms with van der Waals surface area (Å²) in [4.78, 5) is 0. The first-order valence-corrected chi connectivity index (χ1v) is 6.42. The average Bonchev–Trinajstić information content (AvgIpc) is 2.25. The highest BCUT2D eigenvalue weighted by molar-refractivity contribution is 5.37. The van der Waals surface area contributed by atoms with Crippen molar-refractivity contribution in [3.05, 3.63) is 59.0 Å². The maximum atomic E-state index is 4.01. The standard InChI is InChI=1S/C17H27N/c1-9-17(18-15(7)10-12(2)3)11-14(6)16(8)13(4)5/h10-11,18H,4,7,9H2,1-3,5-6,8H3/b16-14+,17-11+. The molecule has 0 aliphatic heterocycles. The topological polar surface area (TPSA) is 12.0 Å². The second kappa shape index (κ2) is 7.75. The molecular weight excluding hydrogens is 218 g/mol. The summed E-state index contributed by atoms with van der Waals surface area (Å²) in [6.07, 6.45) is 5.18. The minimum Gasteiger partial charge on any atom is -0.359 e. The van der Waals surface area contributed by atoms with E-state index in [0.717, 1.165) is 17.7 Å². The van der Waals surface area contributed by atoms with Gasteiger partial charge < -0.3 is 5.32 Å². The number of rotatable bonds is 6. The Labute approximate surface area is 113 Å². The lowest BCUT2D eigenvalue weighted by atomic mass is 10.0. The Bertz CT molecular complexity index is 413. The molecule has 0 unspecified atom stereocenters. The summed E-state index contributed by atoms with van der Waals surface area (Å²) in [5.41, 5.74) is 6.96. The molecule has 0 aromatic rings. The molecular formula is C17H27N. The number of hydrogen-bond donors (Lipinski definition) is 1. The fourth-order valence-corrected chi connectivity index (χ4v) is 1.52. The van der Waals surface area contributed by atoms with Gasteiger partial charge >= 0.3 is 0 Å². The summed E-state index contributed by atoms with van der Waals surface area (Å²) in [5, 5.41) is 3.35. The minimum atomic E-state index is 0.934. The second-order valence-electron chi connectivity index (χ2n) is 4.98. The second-order valence-corrected chi connectivity index (χ2v) is 4.98. The predicted molar refractivity (Wildman–Crippen MR) is 83.3 cm³/mol. The molecule has 0 aliphatic rings. The van der Waals surface area contributed by atoms with Crippen LogP contribution in [0.1, 0.15) is 48.0 Å². The van der Waals surface area contributed by atoms with Gasteiger partial charge in [0.1, 0.15) is 0 Å². The zero-order valence-electron chi connectivity index (χ0n) is 12.8. The first-order chi connectivity index (χ1) is 8.27. The smallest absolute Gasteiger partial charge is 0.0308 e. The van der Waals surface area contributed by atoms with Gasteiger partial charge in [-0.2, -0.15) is 0 Å². The van der Waals surface area contributed by atoms with Gasteiger partial charge in [0.05, 0.1) is 0 Å². The van der Waals surface area contributed by atoms with E-state index in [1.807, 2.05) is 13.0 Å². The van der Waals surface area contributed by atoms with Gasteiger partial charge in [0.25, 0.3) is 0 Å². The van der Waals surface area contributed by atoms with E-state index in [1.54, 1.807) is 0 Å². The molecule has 1 nitrogen and oxygen atoms in total. The molecule has 0 amide bonds. The molecule has 0 aromatic carbocycles. The zero-order chi connectivity index (χ0) is 14.3. The van der Waals surface area contributed by atoms with E-state index < -0.39 is 0 Å². The van der Waals surface area contributed by atoms with Crippen LogP contribution in [-0.2, 0) is 0 Å². The monoisotopic (exact) mass is 245 g/mol. The van der Waals surface area contributed by atoms with E-state index >= 15 is 0 Å². The molecule has 0 spiro atoms. The van der Waals surface area contributed by atoms with E-state index in [2.05, 4.69) is 59.2 Å². The molecule has 100 valence electrons. The van der Waals surface area contributed by atoms with Gasteiger partial charge in [-0.1, -0.05) is 31.2 Å². The maximum Gasteiger partial charge on any atom is 0.0308 e. The Hall–Kier alpha value is -1.50. The van der Waals surface area contributed by atoms with Crippen LogP contribution in [0.3, 0.4) is 0 Å². The fraction of sp³-hybridized carbons (Fsp3) is 0.412. The Balaban J connectivity index is 5.01. The van der Waals surface area contributed by atoms with Crippen LogP contribution >= 0.6 is 0 Å². The third-order valence-electron chi connectivity index (χ3n) is 2.79. The van der Waals surface area contributed by atoms with Gasteiger partial charge in [-0.3, -0.25) is 0 Å². The van der Waals surface area contributed by atoms with Crippen LogP contribution in [-0.4, -0.2) is 0 Å². The summed E-state index contributed by atoms with van der Waals surface area (Å²) in [7, 11) is 0. The molecule has 0 aliphatic carbocycles. The van der Waals surface area contributed by atoms with E-state index in [1.165, 1.54) is 22.4 Å². The molecule has 18 heavy (non-hydrogen) atoms. The first-order valence-electron chi connectivity index (χ1n) is 6.42. The molecule has 0 bridgehead atoms. The summed E-state index contributed by atoms with van der Waals surface area (Å²) in [6.45, 7) is 20.5. The van der Waals surface area contributed by atoms with Crippen molar-refractivity contribution in [2.24, 2.45) is 0 Å². The summed E-state index contributed by atoms with van der Waals surface area (Å²) < 4.78 is 0. The molecule has 0 saturated heterocycles. The van der Waals surface area contributed by atoms with Gasteiger partial charge in [0.15, 0.2) is 0 Å². The molecule has 0 radical (unpaired) electrons. The highest BCUT2D eigenvalue weighted by Gasteiger charge is 1.99. The predicted octanol–water partition coefficient (Wildman–Crippen LogP) is 5.26. The number of hydrogen-bond acceptors (Lipinski definition) is 1. The molecule has 0 atom stereocenters. The lowest BCUT2D eigenvalue weighted by Gasteiger charge is -2.11. The molecule has 0 fully saturated rings. The van der Waals surface area contributed by atoms with Crippen LogP contribution in [0, 0.1) is 0 Å². The van der Waals surface area contributed by atoms with Crippen molar-refractivity contribution in [3.63, 3.8) is 0 Å². The number of allylic oxidation sites excluding steroid dienone is 7. The lowest BCUT2D eigenvalue weighted by Crippen LogP contribution is -2.10. The Morgan fingerprint density at radius 2 is 1.56 bits per heavy atom. The van der Waals surface area contributed by atoms with E-state index in [-0.39, 0.29) is 0 Å². The minimum absolute atomic E-state index is 0.934. The van der Waals surface area contributed by atoms with E-state index in [9.17, 15) is 0 Å². The maximum absolute atomic E-state index is 4.01. The van der Waals surface area contributed by atoms with Crippen molar-refractivity contribution in [1.82, 2.24) is 5.32 Å². The van der Waals surface area contributed by atoms with E-state index in [0.29, 0.717) is 0 Å². The van der Waals surface area contributed by atoms with Crippen LogP contribution in [0.4, 0.5) is 0 Å². The molecule has 0 aromatic heterocycles. The highest BCUT2D eigenvalue weighted by Crippen LogP contribution is 2.15. The number of nitrogens with one attached hydrogen (secondary N) is 1. The van der Waals surface area contributed by atoms with Gasteiger partial charge in [-0.05, 0) is 64.3 Å². The SMILES string of the molecule is C=C(C=C(C)C)N/C(=C/C(C)=C(\C)C(=C)C)CC. The van der Waals surface area contributed by atoms with Crippen LogP contribution in [0.5, 0.6) is 0 Å². The quantitative estimate of drug-likeness (QED) is 0.629. The third kappa shape index (κ3) is 6.29. The Morgan fingerprint density at radius 1 is 1.00 bits per heavy atom. The lowest BCUT2D eigenvalue weighted by molar-refractivity contribution is 0.909. The molecule has 1 N–H and O–H groups in total. The highest BCUT2D eigenvalue weighted by atomic mass is 14.9. The fourth-order valence-electron chi connectivity index (χ4n) is 1.52. The van der Waals surface area contributed by atoms with Gasteiger partial charge in [-0.25, -0.2) is 0 Å². The third-order valence-corrected chi connectivity index (χ3v) is 2.79. The van der Waals surface area contributed by atoms with Crippen molar-refractivity contribution < 1.29 is 0 Å². The van der Waals surface area contributed by atoms with Crippen molar-refractivity contribution in [1.29, 1.82) is 0 Å². The van der Waals surface area contributed by atoms with Crippen LogP contribution in [0.2, 0.25) is 0 Å². The normalized spacial score (nSPS) is 12.7. The van der Waals surface area contributed by atoms with Crippen LogP contribution < -0.4 is 5.32 Å². The van der Waals surface area contributed by atoms with Crippen LogP contribution in [0.25, 0.3) is 0 Å². The van der Waals surface area contributed by atoms with Gasteiger partial charge in [-0.15, -0.1) is 0 Å². The zero-order valence-corrected chi connectivity index (χ0v) is 12.8. The molecule has 0 heterocycles. The van der Waals surface area contributed by atoms with Crippen molar-refractivity contribution in [2.45, 2.75) is 48.0 Å². The summed E-state index contributed by atoms with van der Waals surface area (Å²) in [5.74, 6) is 0. The van der Waals surface area contributed by atoms with Crippen LogP contribution in [0.15, 0.2) is 59.0 Å². The molecule has 1 heteroatoms. The van der Waals surface area contributed by atoms with Gasteiger partial charge in [0, 0.05) is 11.4 Å². The molecule has 0 rings (SSSR count). The summed E-state index contributed by atoms with van der Waals surface area (Å²) in [6, 6.07) is 0. The average molecular weight is 245 g/mol. The Morgan fingerprint density at radius 3 is 1.94 bits per heavy atom. The van der Waals surface area contributed by atoms with Crippen molar-refractivity contribution >= 4 is 0 Å².